The first kappa shape index (κ1) is 21.0. The molecule has 2 aromatic rings. The van der Waals surface area contributed by atoms with Crippen molar-refractivity contribution in [3.8, 4) is 5.75 Å². The largest absolute Gasteiger partial charge is 0.503 e. The molecule has 2 amide bonds. The molecule has 1 aromatic carbocycles. The van der Waals surface area contributed by atoms with Crippen molar-refractivity contribution in [2.75, 3.05) is 6.54 Å². The van der Waals surface area contributed by atoms with E-state index in [0.717, 1.165) is 18.9 Å². The summed E-state index contributed by atoms with van der Waals surface area (Å²) in [6, 6.07) is 2.76. The number of nitrogens with zero attached hydrogens (tertiary/aromatic N) is 2. The van der Waals surface area contributed by atoms with E-state index < -0.39 is 34.6 Å². The summed E-state index contributed by atoms with van der Waals surface area (Å²) in [6.07, 6.45) is 2.97. The van der Waals surface area contributed by atoms with E-state index in [-0.39, 0.29) is 41.4 Å². The molecule has 0 saturated carbocycles. The highest BCUT2D eigenvalue weighted by molar-refractivity contribution is 5.99. The van der Waals surface area contributed by atoms with Crippen LogP contribution in [0.1, 0.15) is 59.1 Å². The minimum atomic E-state index is -0.961. The van der Waals surface area contributed by atoms with Gasteiger partial charge in [-0.25, -0.2) is 8.78 Å². The number of pyridine rings is 1. The van der Waals surface area contributed by atoms with Crippen LogP contribution in [0.25, 0.3) is 0 Å². The highest BCUT2D eigenvalue weighted by atomic mass is 19.1. The SMILES string of the molecule is C[C@@H]1CC[C@H](C)N2C[C@H]1n1cc(C(=O)NCc3ccc(F)cc3F)c(=O)c(O)c1C2=O. The number of carbonyl (C=O) groups is 2. The number of halogens is 2. The molecule has 0 unspecified atom stereocenters. The monoisotopic (exact) mass is 431 g/mol. The van der Waals surface area contributed by atoms with Gasteiger partial charge >= 0.3 is 0 Å². The fraction of sp³-hybridized carbons (Fsp3) is 0.409. The number of hydrogen-bond donors (Lipinski definition) is 2. The Hall–Kier alpha value is -3.23. The van der Waals surface area contributed by atoms with Crippen LogP contribution in [0.5, 0.6) is 5.75 Å². The normalized spacial score (nSPS) is 22.6. The lowest BCUT2D eigenvalue weighted by Gasteiger charge is -2.38. The molecule has 1 fully saturated rings. The maximum atomic E-state index is 13.8. The molecular weight excluding hydrogens is 408 g/mol. The Morgan fingerprint density at radius 1 is 1.23 bits per heavy atom. The molecule has 3 atom stereocenters. The third-order valence-corrected chi connectivity index (χ3v) is 6.34. The standard InChI is InChI=1S/C22H23F2N3O4/c1-11-3-4-12(2)26-10-17(11)27-9-15(19(28)20(29)18(27)22(26)31)21(30)25-8-13-5-6-14(23)7-16(13)24/h5-7,9,11-12,17,29H,3-4,8,10H2,1-2H3,(H,25,30)/t11-,12+,17-/m1/s1. The molecule has 2 aliphatic heterocycles. The van der Waals surface area contributed by atoms with E-state index in [4.69, 9.17) is 0 Å². The number of benzene rings is 1. The van der Waals surface area contributed by atoms with Crippen LogP contribution in [-0.4, -0.2) is 39.0 Å². The molecule has 2 N–H and O–H groups in total. The predicted molar refractivity (Wildman–Crippen MR) is 108 cm³/mol. The van der Waals surface area contributed by atoms with Crippen LogP contribution < -0.4 is 10.7 Å². The Labute approximate surface area is 177 Å². The molecule has 7 nitrogen and oxygen atoms in total. The van der Waals surface area contributed by atoms with Gasteiger partial charge in [0.1, 0.15) is 17.2 Å². The van der Waals surface area contributed by atoms with E-state index >= 15 is 0 Å². The van der Waals surface area contributed by atoms with Crippen LogP contribution in [0, 0.1) is 17.6 Å². The van der Waals surface area contributed by atoms with E-state index in [1.54, 1.807) is 4.90 Å². The molecular formula is C22H23F2N3O4. The molecule has 0 aliphatic carbocycles. The summed E-state index contributed by atoms with van der Waals surface area (Å²) in [7, 11) is 0. The first-order chi connectivity index (χ1) is 14.7. The number of carbonyl (C=O) groups excluding carboxylic acids is 2. The Balaban J connectivity index is 1.69. The average molecular weight is 431 g/mol. The van der Waals surface area contributed by atoms with Gasteiger partial charge in [-0.2, -0.15) is 0 Å². The second-order valence-corrected chi connectivity index (χ2v) is 8.32. The number of nitrogens with one attached hydrogen (secondary N) is 1. The van der Waals surface area contributed by atoms with Gasteiger partial charge in [0.15, 0.2) is 11.4 Å². The van der Waals surface area contributed by atoms with E-state index in [1.807, 2.05) is 13.8 Å². The van der Waals surface area contributed by atoms with E-state index in [0.29, 0.717) is 12.6 Å². The van der Waals surface area contributed by atoms with E-state index in [9.17, 15) is 28.3 Å². The topological polar surface area (TPSA) is 91.6 Å². The van der Waals surface area contributed by atoms with Crippen LogP contribution in [0.4, 0.5) is 8.78 Å². The van der Waals surface area contributed by atoms with Crippen molar-refractivity contribution in [1.29, 1.82) is 0 Å². The smallest absolute Gasteiger partial charge is 0.274 e. The van der Waals surface area contributed by atoms with Gasteiger partial charge in [0.25, 0.3) is 11.8 Å². The van der Waals surface area contributed by atoms with Crippen molar-refractivity contribution in [1.82, 2.24) is 14.8 Å². The average Bonchev–Trinajstić information content (AvgIpc) is 2.85. The highest BCUT2D eigenvalue weighted by Crippen LogP contribution is 2.37. The number of fused-ring (bicyclic) bond motifs is 4. The van der Waals surface area contributed by atoms with Crippen LogP contribution in [-0.2, 0) is 6.54 Å². The summed E-state index contributed by atoms with van der Waals surface area (Å²) in [5.74, 6) is -3.42. The van der Waals surface area contributed by atoms with Gasteiger partial charge < -0.3 is 19.9 Å². The van der Waals surface area contributed by atoms with Crippen LogP contribution >= 0.6 is 0 Å². The van der Waals surface area contributed by atoms with Crippen molar-refractivity contribution in [3.63, 3.8) is 0 Å². The van der Waals surface area contributed by atoms with Gasteiger partial charge in [-0.05, 0) is 31.7 Å². The van der Waals surface area contributed by atoms with Gasteiger partial charge in [-0.3, -0.25) is 14.4 Å². The molecule has 0 radical (unpaired) electrons. The van der Waals surface area contributed by atoms with Crippen molar-refractivity contribution < 1.29 is 23.5 Å². The maximum absolute atomic E-state index is 13.8. The molecule has 1 saturated heterocycles. The number of hydrogen-bond acceptors (Lipinski definition) is 4. The zero-order valence-electron chi connectivity index (χ0n) is 17.2. The lowest BCUT2D eigenvalue weighted by molar-refractivity contribution is 0.0591. The maximum Gasteiger partial charge on any atom is 0.274 e. The minimum absolute atomic E-state index is 0.0169. The van der Waals surface area contributed by atoms with Crippen molar-refractivity contribution in [2.24, 2.45) is 5.92 Å². The van der Waals surface area contributed by atoms with Gasteiger partial charge in [0.05, 0.1) is 6.04 Å². The molecule has 164 valence electrons. The summed E-state index contributed by atoms with van der Waals surface area (Å²) in [5.41, 5.74) is -1.36. The Kier molecular flexibility index (Phi) is 5.28. The lowest BCUT2D eigenvalue weighted by atomic mass is 9.95. The fourth-order valence-corrected chi connectivity index (χ4v) is 4.39. The van der Waals surface area contributed by atoms with Gasteiger partial charge in [-0.1, -0.05) is 13.0 Å². The second-order valence-electron chi connectivity index (χ2n) is 8.32. The minimum Gasteiger partial charge on any atom is -0.503 e. The van der Waals surface area contributed by atoms with Crippen molar-refractivity contribution in [3.05, 3.63) is 63.1 Å². The van der Waals surface area contributed by atoms with E-state index in [2.05, 4.69) is 5.32 Å². The molecule has 0 spiro atoms. The summed E-state index contributed by atoms with van der Waals surface area (Å²) in [6.45, 7) is 4.14. The molecule has 2 aliphatic rings. The number of aromatic hydroxyl groups is 1. The quantitative estimate of drug-likeness (QED) is 0.782. The Bertz CT molecular complexity index is 1130. The number of rotatable bonds is 3. The molecule has 9 heteroatoms. The molecule has 3 heterocycles. The number of amides is 2. The Morgan fingerprint density at radius 2 is 1.97 bits per heavy atom. The van der Waals surface area contributed by atoms with E-state index in [1.165, 1.54) is 16.8 Å². The summed E-state index contributed by atoms with van der Waals surface area (Å²) < 4.78 is 28.4. The zero-order valence-corrected chi connectivity index (χ0v) is 17.2. The second kappa shape index (κ2) is 7.79. The fourth-order valence-electron chi connectivity index (χ4n) is 4.39. The van der Waals surface area contributed by atoms with Crippen LogP contribution in [0.15, 0.2) is 29.2 Å². The summed E-state index contributed by atoms with van der Waals surface area (Å²) >= 11 is 0. The first-order valence-corrected chi connectivity index (χ1v) is 10.2. The Morgan fingerprint density at radius 3 is 2.68 bits per heavy atom. The molecule has 2 bridgehead atoms. The molecule has 1 aromatic heterocycles. The van der Waals surface area contributed by atoms with Crippen molar-refractivity contribution >= 4 is 11.8 Å². The zero-order chi connectivity index (χ0) is 22.4. The van der Waals surface area contributed by atoms with Gasteiger partial charge in [0, 0.05) is 37.0 Å². The lowest BCUT2D eigenvalue weighted by Crippen LogP contribution is -2.48. The highest BCUT2D eigenvalue weighted by Gasteiger charge is 2.41. The van der Waals surface area contributed by atoms with Gasteiger partial charge in [0.2, 0.25) is 5.43 Å². The van der Waals surface area contributed by atoms with Crippen LogP contribution in [0.3, 0.4) is 0 Å². The number of aromatic nitrogens is 1. The van der Waals surface area contributed by atoms with Gasteiger partial charge in [-0.15, -0.1) is 0 Å². The summed E-state index contributed by atoms with van der Waals surface area (Å²) in [5, 5.41) is 13.0. The molecule has 31 heavy (non-hydrogen) atoms. The third-order valence-electron chi connectivity index (χ3n) is 6.34. The third kappa shape index (κ3) is 3.58. The summed E-state index contributed by atoms with van der Waals surface area (Å²) in [4.78, 5) is 40.0. The predicted octanol–water partition coefficient (Wildman–Crippen LogP) is 2.58. The first-order valence-electron chi connectivity index (χ1n) is 10.2. The van der Waals surface area contributed by atoms with Crippen LogP contribution in [0.2, 0.25) is 0 Å². The van der Waals surface area contributed by atoms with Crippen molar-refractivity contribution in [2.45, 2.75) is 45.3 Å². The molecule has 4 rings (SSSR count).